The summed E-state index contributed by atoms with van der Waals surface area (Å²) in [6, 6.07) is 0. The van der Waals surface area contributed by atoms with Gasteiger partial charge in [-0.25, -0.2) is 18.6 Å². The Hall–Kier alpha value is -1.79. The van der Waals surface area contributed by atoms with Crippen molar-refractivity contribution >= 4 is 11.8 Å². The molecule has 0 N–H and O–H groups in total. The average molecular weight is 231 g/mol. The Morgan fingerprint density at radius 2 is 2.25 bits per heavy atom. The minimum atomic E-state index is -2.48. The van der Waals surface area contributed by atoms with Crippen LogP contribution >= 0.6 is 0 Å². The van der Waals surface area contributed by atoms with Crippen molar-refractivity contribution in [1.29, 1.82) is 0 Å². The van der Waals surface area contributed by atoms with Crippen LogP contribution in [0.2, 0.25) is 0 Å². The number of hydrogen-bond donors (Lipinski definition) is 0. The van der Waals surface area contributed by atoms with Gasteiger partial charge in [-0.05, 0) is 0 Å². The van der Waals surface area contributed by atoms with Gasteiger partial charge in [0.1, 0.15) is 5.82 Å². The highest BCUT2D eigenvalue weighted by Gasteiger charge is 2.13. The number of esters is 1. The molecule has 0 aliphatic heterocycles. The van der Waals surface area contributed by atoms with E-state index in [-0.39, 0.29) is 11.5 Å². The summed E-state index contributed by atoms with van der Waals surface area (Å²) in [7, 11) is 2.65. The van der Waals surface area contributed by atoms with E-state index >= 15 is 0 Å². The molecule has 1 aromatic rings. The molecule has 0 aliphatic carbocycles. The molecule has 0 bridgehead atoms. The first-order chi connectivity index (χ1) is 7.54. The monoisotopic (exact) mass is 231 g/mol. The quantitative estimate of drug-likeness (QED) is 0.722. The predicted molar refractivity (Wildman–Crippen MR) is 52.6 cm³/mol. The van der Waals surface area contributed by atoms with Crippen molar-refractivity contribution in [3.05, 3.63) is 18.1 Å². The van der Waals surface area contributed by atoms with Crippen molar-refractivity contribution in [2.45, 2.75) is 6.43 Å². The summed E-state index contributed by atoms with van der Waals surface area (Å²) in [6.07, 6.45) is 0.0361. The maximum absolute atomic E-state index is 12.1. The van der Waals surface area contributed by atoms with E-state index in [0.29, 0.717) is 0 Å². The van der Waals surface area contributed by atoms with Gasteiger partial charge < -0.3 is 9.64 Å². The topological polar surface area (TPSA) is 55.3 Å². The molecule has 0 spiro atoms. The molecule has 0 fully saturated rings. The third-order valence-electron chi connectivity index (χ3n) is 1.82. The van der Waals surface area contributed by atoms with Crippen LogP contribution in [0.3, 0.4) is 0 Å². The standard InChI is InChI=1S/C9H11F2N3O2/c1-14(5-7(10)11)8-4-12-3-6(13-8)9(15)16-2/h3-4,7H,5H2,1-2H3. The highest BCUT2D eigenvalue weighted by molar-refractivity contribution is 5.87. The number of hydrogen-bond acceptors (Lipinski definition) is 5. The molecule has 0 saturated heterocycles. The molecule has 1 aromatic heterocycles. The van der Waals surface area contributed by atoms with Crippen LogP contribution in [0, 0.1) is 0 Å². The molecule has 0 unspecified atom stereocenters. The molecule has 7 heteroatoms. The summed E-state index contributed by atoms with van der Waals surface area (Å²) in [5.74, 6) is -0.456. The van der Waals surface area contributed by atoms with Crippen molar-refractivity contribution in [3.63, 3.8) is 0 Å². The fraction of sp³-hybridized carbons (Fsp3) is 0.444. The Morgan fingerprint density at radius 3 is 2.81 bits per heavy atom. The number of nitrogens with zero attached hydrogens (tertiary/aromatic N) is 3. The number of methoxy groups -OCH3 is 1. The molecule has 16 heavy (non-hydrogen) atoms. The summed E-state index contributed by atoms with van der Waals surface area (Å²) in [6.45, 7) is -0.473. The second-order valence-corrected chi connectivity index (χ2v) is 3.03. The maximum Gasteiger partial charge on any atom is 0.358 e. The zero-order valence-electron chi connectivity index (χ0n) is 8.85. The van der Waals surface area contributed by atoms with Crippen molar-refractivity contribution in [3.8, 4) is 0 Å². The van der Waals surface area contributed by atoms with E-state index in [1.165, 1.54) is 31.5 Å². The summed E-state index contributed by atoms with van der Waals surface area (Å²) in [5, 5.41) is 0. The Kier molecular flexibility index (Phi) is 4.10. The number of aromatic nitrogens is 2. The van der Waals surface area contributed by atoms with Crippen LogP contribution in [0.4, 0.5) is 14.6 Å². The van der Waals surface area contributed by atoms with Crippen molar-refractivity contribution in [1.82, 2.24) is 9.97 Å². The lowest BCUT2D eigenvalue weighted by molar-refractivity contribution is 0.0593. The molecule has 0 amide bonds. The highest BCUT2D eigenvalue weighted by Crippen LogP contribution is 2.09. The predicted octanol–water partition coefficient (Wildman–Crippen LogP) is 0.964. The van der Waals surface area contributed by atoms with Gasteiger partial charge >= 0.3 is 5.97 Å². The van der Waals surface area contributed by atoms with Crippen molar-refractivity contribution in [2.24, 2.45) is 0 Å². The number of carbonyl (C=O) groups is 1. The van der Waals surface area contributed by atoms with Crippen LogP contribution < -0.4 is 4.90 Å². The Labute approximate surface area is 91.1 Å². The zero-order valence-corrected chi connectivity index (χ0v) is 8.85. The molecule has 0 aromatic carbocycles. The molecular weight excluding hydrogens is 220 g/mol. The minimum absolute atomic E-state index is 0.0129. The molecule has 88 valence electrons. The van der Waals surface area contributed by atoms with Gasteiger partial charge in [-0.15, -0.1) is 0 Å². The number of halogens is 2. The fourth-order valence-electron chi connectivity index (χ4n) is 1.04. The molecule has 0 atom stereocenters. The molecule has 5 nitrogen and oxygen atoms in total. The Balaban J connectivity index is 2.85. The molecule has 0 aliphatic rings. The van der Waals surface area contributed by atoms with E-state index < -0.39 is 18.9 Å². The summed E-state index contributed by atoms with van der Waals surface area (Å²) >= 11 is 0. The number of carbonyl (C=O) groups excluding carboxylic acids is 1. The number of anilines is 1. The van der Waals surface area contributed by atoms with Crippen LogP contribution in [0.5, 0.6) is 0 Å². The first-order valence-corrected chi connectivity index (χ1v) is 4.44. The van der Waals surface area contributed by atoms with Gasteiger partial charge in [0, 0.05) is 7.05 Å². The van der Waals surface area contributed by atoms with E-state index in [4.69, 9.17) is 0 Å². The van der Waals surface area contributed by atoms with Gasteiger partial charge in [0.05, 0.1) is 26.0 Å². The largest absolute Gasteiger partial charge is 0.464 e. The van der Waals surface area contributed by atoms with Crippen LogP contribution in [-0.2, 0) is 4.74 Å². The lowest BCUT2D eigenvalue weighted by atomic mass is 10.4. The van der Waals surface area contributed by atoms with E-state index in [2.05, 4.69) is 14.7 Å². The minimum Gasteiger partial charge on any atom is -0.464 e. The second kappa shape index (κ2) is 5.34. The molecule has 1 rings (SSSR count). The van der Waals surface area contributed by atoms with Crippen LogP contribution in [0.15, 0.2) is 12.4 Å². The number of ether oxygens (including phenoxy) is 1. The van der Waals surface area contributed by atoms with E-state index in [1.54, 1.807) is 0 Å². The van der Waals surface area contributed by atoms with Crippen LogP contribution in [0.25, 0.3) is 0 Å². The highest BCUT2D eigenvalue weighted by atomic mass is 19.3. The maximum atomic E-state index is 12.1. The summed E-state index contributed by atoms with van der Waals surface area (Å²) in [4.78, 5) is 19.9. The number of rotatable bonds is 4. The first kappa shape index (κ1) is 12.3. The molecule has 0 radical (unpaired) electrons. The van der Waals surface area contributed by atoms with Gasteiger partial charge in [0.2, 0.25) is 0 Å². The van der Waals surface area contributed by atoms with Crippen molar-refractivity contribution < 1.29 is 18.3 Å². The zero-order chi connectivity index (χ0) is 12.1. The van der Waals surface area contributed by atoms with Gasteiger partial charge in [-0.2, -0.15) is 0 Å². The van der Waals surface area contributed by atoms with E-state index in [0.717, 1.165) is 0 Å². The van der Waals surface area contributed by atoms with E-state index in [9.17, 15) is 13.6 Å². The van der Waals surface area contributed by atoms with Crippen LogP contribution in [0.1, 0.15) is 10.5 Å². The Morgan fingerprint density at radius 1 is 1.56 bits per heavy atom. The van der Waals surface area contributed by atoms with Gasteiger partial charge in [-0.3, -0.25) is 4.98 Å². The lowest BCUT2D eigenvalue weighted by Gasteiger charge is -2.17. The lowest BCUT2D eigenvalue weighted by Crippen LogP contribution is -2.25. The summed E-state index contributed by atoms with van der Waals surface area (Å²) in [5.41, 5.74) is -0.0129. The van der Waals surface area contributed by atoms with Gasteiger partial charge in [0.15, 0.2) is 5.69 Å². The van der Waals surface area contributed by atoms with Gasteiger partial charge in [-0.1, -0.05) is 0 Å². The molecular formula is C9H11F2N3O2. The second-order valence-electron chi connectivity index (χ2n) is 3.03. The van der Waals surface area contributed by atoms with E-state index in [1.807, 2.05) is 0 Å². The normalized spacial score (nSPS) is 10.3. The first-order valence-electron chi connectivity index (χ1n) is 4.44. The third-order valence-corrected chi connectivity index (χ3v) is 1.82. The SMILES string of the molecule is COC(=O)c1cncc(N(C)CC(F)F)n1. The molecule has 0 saturated carbocycles. The third kappa shape index (κ3) is 3.11. The van der Waals surface area contributed by atoms with Crippen molar-refractivity contribution in [2.75, 3.05) is 25.6 Å². The smallest absolute Gasteiger partial charge is 0.358 e. The molecule has 1 heterocycles. The van der Waals surface area contributed by atoms with Gasteiger partial charge in [0.25, 0.3) is 6.43 Å². The summed E-state index contributed by atoms with van der Waals surface area (Å²) < 4.78 is 28.7. The number of alkyl halides is 2. The fourth-order valence-corrected chi connectivity index (χ4v) is 1.04. The van der Waals surface area contributed by atoms with Crippen LogP contribution in [-0.4, -0.2) is 43.1 Å². The average Bonchev–Trinajstić information content (AvgIpc) is 2.27. The Bertz CT molecular complexity index is 374.